The van der Waals surface area contributed by atoms with Gasteiger partial charge in [0.05, 0.1) is 40.2 Å². The zero-order valence-corrected chi connectivity index (χ0v) is 19.9. The van der Waals surface area contributed by atoms with Gasteiger partial charge in [-0.2, -0.15) is 5.10 Å². The van der Waals surface area contributed by atoms with Crippen LogP contribution in [0.15, 0.2) is 61.3 Å². The van der Waals surface area contributed by atoms with Gasteiger partial charge in [0.1, 0.15) is 22.6 Å². The Bertz CT molecular complexity index is 1830. The number of H-pyrrole nitrogens is 2. The summed E-state index contributed by atoms with van der Waals surface area (Å²) in [4.78, 5) is 37.7. The van der Waals surface area contributed by atoms with Crippen LogP contribution < -0.4 is 5.32 Å². The summed E-state index contributed by atoms with van der Waals surface area (Å²) >= 11 is 0. The van der Waals surface area contributed by atoms with Crippen molar-refractivity contribution in [2.75, 3.05) is 5.32 Å². The number of halogens is 1. The summed E-state index contributed by atoms with van der Waals surface area (Å²) in [6.07, 6.45) is 10.8. The third-order valence-corrected chi connectivity index (χ3v) is 6.83. The predicted octanol–water partition coefficient (Wildman–Crippen LogP) is 4.90. The molecule has 0 spiro atoms. The smallest absolute Gasteiger partial charge is 0.227 e. The quantitative estimate of drug-likeness (QED) is 0.303. The third kappa shape index (κ3) is 3.67. The second-order valence-corrected chi connectivity index (χ2v) is 9.22. The second-order valence-electron chi connectivity index (χ2n) is 9.22. The summed E-state index contributed by atoms with van der Waals surface area (Å²) in [6, 6.07) is 9.04. The standard InChI is InChI=1S/C27H20FN9O/c28-21-20-19(13-32-22(21)15-10-16(12-29-11-15)33-27(38)14-4-3-5-14)36-37-25(20)26-34-18-7-9-31-23(24(18)35-26)17-6-1-2-8-30-17/h1-2,6-14H,3-5H2,(H,33,38)(H,34,35)(H,36,37). The van der Waals surface area contributed by atoms with E-state index in [1.54, 1.807) is 30.7 Å². The molecule has 1 fully saturated rings. The van der Waals surface area contributed by atoms with Crippen LogP contribution in [-0.4, -0.2) is 46.0 Å². The van der Waals surface area contributed by atoms with E-state index in [-0.39, 0.29) is 22.9 Å². The van der Waals surface area contributed by atoms with Gasteiger partial charge in [-0.05, 0) is 37.1 Å². The zero-order chi connectivity index (χ0) is 25.6. The van der Waals surface area contributed by atoms with Crippen LogP contribution in [0.1, 0.15) is 19.3 Å². The number of hydrogen-bond donors (Lipinski definition) is 3. The maximum atomic E-state index is 16.0. The fourth-order valence-electron chi connectivity index (χ4n) is 4.64. The van der Waals surface area contributed by atoms with Gasteiger partial charge in [0.15, 0.2) is 11.6 Å². The molecule has 10 nitrogen and oxygen atoms in total. The van der Waals surface area contributed by atoms with Crippen molar-refractivity contribution in [2.45, 2.75) is 19.3 Å². The number of rotatable bonds is 5. The van der Waals surface area contributed by atoms with Gasteiger partial charge in [-0.25, -0.2) is 9.37 Å². The molecule has 0 aromatic carbocycles. The Labute approximate surface area is 214 Å². The van der Waals surface area contributed by atoms with Gasteiger partial charge in [0.2, 0.25) is 5.91 Å². The van der Waals surface area contributed by atoms with Crippen molar-refractivity contribution in [3.05, 3.63) is 67.1 Å². The molecule has 6 aromatic heterocycles. The molecule has 0 atom stereocenters. The lowest BCUT2D eigenvalue weighted by Crippen LogP contribution is -2.28. The lowest BCUT2D eigenvalue weighted by molar-refractivity contribution is -0.122. The first-order valence-electron chi connectivity index (χ1n) is 12.2. The van der Waals surface area contributed by atoms with Crippen molar-refractivity contribution in [1.29, 1.82) is 0 Å². The Morgan fingerprint density at radius 2 is 1.89 bits per heavy atom. The Kier molecular flexibility index (Phi) is 5.13. The van der Waals surface area contributed by atoms with Crippen molar-refractivity contribution >= 4 is 33.5 Å². The molecule has 0 aliphatic heterocycles. The molecule has 1 saturated carbocycles. The van der Waals surface area contributed by atoms with Crippen molar-refractivity contribution in [3.8, 4) is 34.2 Å². The highest BCUT2D eigenvalue weighted by atomic mass is 19.1. The number of nitrogens with zero attached hydrogens (tertiary/aromatic N) is 6. The van der Waals surface area contributed by atoms with Gasteiger partial charge >= 0.3 is 0 Å². The number of aromatic amines is 2. The fraction of sp³-hybridized carbons (Fsp3) is 0.148. The molecule has 0 unspecified atom stereocenters. The number of anilines is 1. The van der Waals surface area contributed by atoms with Gasteiger partial charge in [-0.3, -0.25) is 29.8 Å². The largest absolute Gasteiger partial charge is 0.336 e. The van der Waals surface area contributed by atoms with E-state index in [2.05, 4.69) is 40.4 Å². The molecule has 186 valence electrons. The van der Waals surface area contributed by atoms with Crippen LogP contribution >= 0.6 is 0 Å². The highest BCUT2D eigenvalue weighted by Gasteiger charge is 2.26. The van der Waals surface area contributed by atoms with Crippen LogP contribution in [0, 0.1) is 11.7 Å². The Morgan fingerprint density at radius 1 is 0.974 bits per heavy atom. The summed E-state index contributed by atoms with van der Waals surface area (Å²) in [5.41, 5.74) is 4.39. The van der Waals surface area contributed by atoms with E-state index >= 15 is 4.39 Å². The van der Waals surface area contributed by atoms with E-state index in [1.807, 2.05) is 18.2 Å². The first-order valence-corrected chi connectivity index (χ1v) is 12.2. The van der Waals surface area contributed by atoms with E-state index in [4.69, 9.17) is 4.98 Å². The molecular formula is C27H20FN9O. The van der Waals surface area contributed by atoms with Crippen molar-refractivity contribution in [2.24, 2.45) is 5.92 Å². The molecule has 11 heteroatoms. The molecule has 3 N–H and O–H groups in total. The molecule has 38 heavy (non-hydrogen) atoms. The predicted molar refractivity (Wildman–Crippen MR) is 139 cm³/mol. The molecule has 1 aliphatic carbocycles. The molecule has 6 aromatic rings. The number of nitrogens with one attached hydrogen (secondary N) is 3. The summed E-state index contributed by atoms with van der Waals surface area (Å²) in [6.45, 7) is 0. The maximum Gasteiger partial charge on any atom is 0.227 e. The van der Waals surface area contributed by atoms with Crippen LogP contribution in [-0.2, 0) is 4.79 Å². The highest BCUT2D eigenvalue weighted by molar-refractivity contribution is 5.97. The minimum atomic E-state index is -0.570. The summed E-state index contributed by atoms with van der Waals surface area (Å²) < 4.78 is 16.0. The van der Waals surface area contributed by atoms with Crippen molar-refractivity contribution in [1.82, 2.24) is 40.1 Å². The van der Waals surface area contributed by atoms with Gasteiger partial charge in [0, 0.05) is 30.1 Å². The van der Waals surface area contributed by atoms with Gasteiger partial charge in [-0.15, -0.1) is 0 Å². The summed E-state index contributed by atoms with van der Waals surface area (Å²) in [5, 5.41) is 10.3. The topological polar surface area (TPSA) is 138 Å². The van der Waals surface area contributed by atoms with E-state index in [0.717, 1.165) is 24.8 Å². The second kappa shape index (κ2) is 8.80. The molecule has 6 heterocycles. The Hall–Kier alpha value is -5.06. The molecule has 0 radical (unpaired) electrons. The van der Waals surface area contributed by atoms with Gasteiger partial charge in [-0.1, -0.05) is 12.5 Å². The number of carbonyl (C=O) groups excluding carboxylic acids is 1. The number of aromatic nitrogens is 8. The Balaban J connectivity index is 1.30. The molecule has 1 aliphatic rings. The van der Waals surface area contributed by atoms with Crippen LogP contribution in [0.2, 0.25) is 0 Å². The first-order chi connectivity index (χ1) is 18.7. The Morgan fingerprint density at radius 3 is 2.71 bits per heavy atom. The number of carbonyl (C=O) groups is 1. The van der Waals surface area contributed by atoms with E-state index < -0.39 is 5.82 Å². The van der Waals surface area contributed by atoms with Crippen molar-refractivity contribution < 1.29 is 9.18 Å². The monoisotopic (exact) mass is 505 g/mol. The highest BCUT2D eigenvalue weighted by Crippen LogP contribution is 2.34. The zero-order valence-electron chi connectivity index (χ0n) is 19.9. The summed E-state index contributed by atoms with van der Waals surface area (Å²) in [7, 11) is 0. The first kappa shape index (κ1) is 22.2. The third-order valence-electron chi connectivity index (χ3n) is 6.83. The van der Waals surface area contributed by atoms with Crippen LogP contribution in [0.3, 0.4) is 0 Å². The maximum absolute atomic E-state index is 16.0. The molecule has 0 bridgehead atoms. The van der Waals surface area contributed by atoms with Gasteiger partial charge < -0.3 is 10.3 Å². The molecule has 7 rings (SSSR count). The van der Waals surface area contributed by atoms with Gasteiger partial charge in [0.25, 0.3) is 0 Å². The summed E-state index contributed by atoms with van der Waals surface area (Å²) in [5.74, 6) is -0.206. The number of hydrogen-bond acceptors (Lipinski definition) is 7. The van der Waals surface area contributed by atoms with Crippen LogP contribution in [0.4, 0.5) is 10.1 Å². The van der Waals surface area contributed by atoms with Crippen molar-refractivity contribution in [3.63, 3.8) is 0 Å². The lowest BCUT2D eigenvalue weighted by atomic mass is 9.85. The number of fused-ring (bicyclic) bond motifs is 2. The van der Waals surface area contributed by atoms with E-state index in [1.165, 1.54) is 12.4 Å². The fourth-order valence-corrected chi connectivity index (χ4v) is 4.64. The van der Waals surface area contributed by atoms with Crippen LogP contribution in [0.25, 0.3) is 56.1 Å². The van der Waals surface area contributed by atoms with Crippen LogP contribution in [0.5, 0.6) is 0 Å². The number of pyridine rings is 4. The van der Waals surface area contributed by atoms with E-state index in [0.29, 0.717) is 45.2 Å². The minimum absolute atomic E-state index is 0.0237. The normalized spacial score (nSPS) is 13.6. The minimum Gasteiger partial charge on any atom is -0.336 e. The molecular weight excluding hydrogens is 485 g/mol. The SMILES string of the molecule is O=C(Nc1cncc(-c2ncc3[nH]nc(-c4nc5c(-c6ccccn6)nccc5[nH]4)c3c2F)c1)C1CCC1. The van der Waals surface area contributed by atoms with E-state index in [9.17, 15) is 4.79 Å². The number of imidazole rings is 1. The molecule has 0 saturated heterocycles. The average Bonchev–Trinajstić information content (AvgIpc) is 3.53. The average molecular weight is 506 g/mol. The lowest BCUT2D eigenvalue weighted by Gasteiger charge is -2.24. The number of amides is 1. The molecule has 1 amide bonds.